The molecule has 5 heteroatoms. The van der Waals surface area contributed by atoms with E-state index in [4.69, 9.17) is 5.73 Å². The molecule has 3 aromatic rings. The van der Waals surface area contributed by atoms with Gasteiger partial charge in [-0.05, 0) is 24.1 Å². The lowest BCUT2D eigenvalue weighted by atomic mass is 10.0. The van der Waals surface area contributed by atoms with E-state index >= 15 is 0 Å². The van der Waals surface area contributed by atoms with Crippen LogP contribution in [0.15, 0.2) is 36.4 Å². The molecule has 0 saturated carbocycles. The van der Waals surface area contributed by atoms with E-state index in [1.807, 2.05) is 43.3 Å². The Labute approximate surface area is 126 Å². The number of nitrogens with two attached hydrogens (primary N) is 1. The highest BCUT2D eigenvalue weighted by molar-refractivity contribution is 7.65. The molecule has 0 atom stereocenters. The predicted octanol–water partition coefficient (Wildman–Crippen LogP) is 2.74. The maximum atomic E-state index is 11.0. The van der Waals surface area contributed by atoms with Crippen LogP contribution < -0.4 is 5.73 Å². The second kappa shape index (κ2) is 5.54. The molecule has 2 aromatic carbocycles. The van der Waals surface area contributed by atoms with Crippen molar-refractivity contribution < 1.29 is 4.21 Å². The SMILES string of the molecule is CCc1ccc(-c2nc3ccccc3[nH]2)c(C=S=O)c1N. The highest BCUT2D eigenvalue weighted by Gasteiger charge is 2.13. The van der Waals surface area contributed by atoms with E-state index in [1.54, 1.807) is 0 Å². The quantitative estimate of drug-likeness (QED) is 0.577. The molecule has 0 radical (unpaired) electrons. The lowest BCUT2D eigenvalue weighted by Gasteiger charge is -2.10. The number of hydrogen-bond donors (Lipinski definition) is 2. The van der Waals surface area contributed by atoms with Crippen LogP contribution in [0.2, 0.25) is 0 Å². The van der Waals surface area contributed by atoms with Crippen molar-refractivity contribution in [3.63, 3.8) is 0 Å². The van der Waals surface area contributed by atoms with Gasteiger partial charge in [-0.3, -0.25) is 0 Å². The molecule has 0 saturated heterocycles. The Morgan fingerprint density at radius 1 is 1.29 bits per heavy atom. The summed E-state index contributed by atoms with van der Waals surface area (Å²) in [5, 5.41) is 1.54. The zero-order valence-corrected chi connectivity index (χ0v) is 12.4. The second-order valence-electron chi connectivity index (χ2n) is 4.77. The van der Waals surface area contributed by atoms with Gasteiger partial charge in [0.15, 0.2) is 0 Å². The van der Waals surface area contributed by atoms with E-state index in [0.29, 0.717) is 16.9 Å². The molecule has 0 fully saturated rings. The van der Waals surface area contributed by atoms with Gasteiger partial charge in [-0.25, -0.2) is 9.19 Å². The number of nitrogens with zero attached hydrogens (tertiary/aromatic N) is 1. The first-order chi connectivity index (χ1) is 10.2. The maximum Gasteiger partial charge on any atom is 0.139 e. The Morgan fingerprint density at radius 3 is 2.81 bits per heavy atom. The maximum absolute atomic E-state index is 11.0. The average Bonchev–Trinajstić information content (AvgIpc) is 2.93. The Morgan fingerprint density at radius 2 is 2.10 bits per heavy atom. The Hall–Kier alpha value is -2.40. The van der Waals surface area contributed by atoms with Crippen LogP contribution in [-0.2, 0) is 17.7 Å². The number of aromatic nitrogens is 2. The van der Waals surface area contributed by atoms with Gasteiger partial charge in [-0.1, -0.05) is 31.2 Å². The third kappa shape index (κ3) is 2.36. The van der Waals surface area contributed by atoms with E-state index < -0.39 is 0 Å². The molecule has 1 aromatic heterocycles. The van der Waals surface area contributed by atoms with Crippen molar-refractivity contribution in [2.75, 3.05) is 5.73 Å². The van der Waals surface area contributed by atoms with Crippen molar-refractivity contribution in [2.24, 2.45) is 0 Å². The largest absolute Gasteiger partial charge is 0.398 e. The van der Waals surface area contributed by atoms with E-state index in [9.17, 15) is 4.21 Å². The van der Waals surface area contributed by atoms with Gasteiger partial charge in [0.1, 0.15) is 5.82 Å². The third-order valence-corrected chi connectivity index (χ3v) is 3.90. The molecule has 0 spiro atoms. The molecule has 0 aliphatic rings. The fourth-order valence-corrected chi connectivity index (χ4v) is 2.80. The van der Waals surface area contributed by atoms with Gasteiger partial charge in [0, 0.05) is 22.2 Å². The number of H-pyrrole nitrogens is 1. The fourth-order valence-electron chi connectivity index (χ4n) is 2.45. The number of para-hydroxylation sites is 2. The molecule has 21 heavy (non-hydrogen) atoms. The number of nitrogens with one attached hydrogen (secondary N) is 1. The summed E-state index contributed by atoms with van der Waals surface area (Å²) >= 11 is 0.407. The first kappa shape index (κ1) is 13.6. The molecule has 0 bridgehead atoms. The van der Waals surface area contributed by atoms with E-state index in [2.05, 4.69) is 9.97 Å². The molecular formula is C16H15N3OS. The normalized spacial score (nSPS) is 10.7. The molecule has 0 unspecified atom stereocenters. The number of benzene rings is 2. The molecule has 3 N–H and O–H groups in total. The smallest absolute Gasteiger partial charge is 0.139 e. The summed E-state index contributed by atoms with van der Waals surface area (Å²) in [4.78, 5) is 7.86. The van der Waals surface area contributed by atoms with Gasteiger partial charge >= 0.3 is 0 Å². The van der Waals surface area contributed by atoms with Crippen molar-refractivity contribution in [3.05, 3.63) is 47.5 Å². The lowest BCUT2D eigenvalue weighted by molar-refractivity contribution is 0.701. The standard InChI is InChI=1S/C16H15N3OS/c1-2-10-7-8-11(12(9-21-20)15(10)17)16-18-13-5-3-4-6-14(13)19-16/h3-9H,2,17H2,1H3,(H,18,19). The molecule has 4 nitrogen and oxygen atoms in total. The van der Waals surface area contributed by atoms with Crippen LogP contribution in [0.4, 0.5) is 5.69 Å². The predicted molar refractivity (Wildman–Crippen MR) is 88.6 cm³/mol. The van der Waals surface area contributed by atoms with Crippen molar-refractivity contribution in [2.45, 2.75) is 13.3 Å². The van der Waals surface area contributed by atoms with Crippen LogP contribution >= 0.6 is 0 Å². The summed E-state index contributed by atoms with van der Waals surface area (Å²) in [6.45, 7) is 2.04. The average molecular weight is 297 g/mol. The molecule has 0 amide bonds. The Balaban J connectivity index is 2.26. The molecule has 106 valence electrons. The lowest BCUT2D eigenvalue weighted by Crippen LogP contribution is -2.01. The highest BCUT2D eigenvalue weighted by atomic mass is 32.1. The summed E-state index contributed by atoms with van der Waals surface area (Å²) in [5.74, 6) is 0.728. The van der Waals surface area contributed by atoms with Crippen LogP contribution in [0.3, 0.4) is 0 Å². The second-order valence-corrected chi connectivity index (χ2v) is 5.20. The number of hydrogen-bond acceptors (Lipinski definition) is 3. The Kier molecular flexibility index (Phi) is 3.58. The molecular weight excluding hydrogens is 282 g/mol. The number of nitrogen functional groups attached to an aromatic ring is 1. The Bertz CT molecular complexity index is 830. The number of anilines is 1. The number of imidazole rings is 1. The summed E-state index contributed by atoms with van der Waals surface area (Å²) in [5.41, 5.74) is 11.3. The summed E-state index contributed by atoms with van der Waals surface area (Å²) in [7, 11) is 0. The number of rotatable bonds is 3. The minimum Gasteiger partial charge on any atom is -0.398 e. The first-order valence-electron chi connectivity index (χ1n) is 6.73. The third-order valence-electron chi connectivity index (χ3n) is 3.57. The van der Waals surface area contributed by atoms with Crippen molar-refractivity contribution in [1.82, 2.24) is 9.97 Å². The summed E-state index contributed by atoms with van der Waals surface area (Å²) < 4.78 is 11.0. The van der Waals surface area contributed by atoms with Crippen LogP contribution in [0.25, 0.3) is 22.4 Å². The summed E-state index contributed by atoms with van der Waals surface area (Å²) in [6.07, 6.45) is 0.830. The van der Waals surface area contributed by atoms with E-state index in [1.165, 1.54) is 5.37 Å². The van der Waals surface area contributed by atoms with Crippen LogP contribution in [-0.4, -0.2) is 19.5 Å². The minimum atomic E-state index is 0.407. The molecule has 0 aliphatic heterocycles. The van der Waals surface area contributed by atoms with Crippen molar-refractivity contribution >= 4 is 33.3 Å². The summed E-state index contributed by atoms with van der Waals surface area (Å²) in [6, 6.07) is 11.8. The highest BCUT2D eigenvalue weighted by Crippen LogP contribution is 2.29. The van der Waals surface area contributed by atoms with Gasteiger partial charge in [0.2, 0.25) is 0 Å². The van der Waals surface area contributed by atoms with Gasteiger partial charge in [-0.2, -0.15) is 0 Å². The minimum absolute atomic E-state index is 0.407. The van der Waals surface area contributed by atoms with Gasteiger partial charge in [0.05, 0.1) is 22.3 Å². The molecule has 1 heterocycles. The van der Waals surface area contributed by atoms with Gasteiger partial charge in [-0.15, -0.1) is 0 Å². The monoisotopic (exact) mass is 297 g/mol. The zero-order valence-electron chi connectivity index (χ0n) is 11.6. The first-order valence-corrected chi connectivity index (χ1v) is 7.53. The fraction of sp³-hybridized carbons (Fsp3) is 0.125. The van der Waals surface area contributed by atoms with Crippen LogP contribution in [0.1, 0.15) is 18.1 Å². The van der Waals surface area contributed by atoms with E-state index in [0.717, 1.165) is 40.0 Å². The number of aromatic amines is 1. The van der Waals surface area contributed by atoms with Crippen molar-refractivity contribution in [1.29, 1.82) is 0 Å². The zero-order chi connectivity index (χ0) is 14.8. The topological polar surface area (TPSA) is 71.8 Å². The van der Waals surface area contributed by atoms with Crippen molar-refractivity contribution in [3.8, 4) is 11.4 Å². The number of fused-ring (bicyclic) bond motifs is 1. The molecule has 0 aliphatic carbocycles. The van der Waals surface area contributed by atoms with Crippen LogP contribution in [0.5, 0.6) is 0 Å². The van der Waals surface area contributed by atoms with Gasteiger partial charge in [0.25, 0.3) is 0 Å². The van der Waals surface area contributed by atoms with Gasteiger partial charge < -0.3 is 10.7 Å². The van der Waals surface area contributed by atoms with E-state index in [-0.39, 0.29) is 0 Å². The molecule has 3 rings (SSSR count). The van der Waals surface area contributed by atoms with Crippen LogP contribution in [0, 0.1) is 0 Å². The number of aryl methyl sites for hydroxylation is 1.